The van der Waals surface area contributed by atoms with Crippen molar-refractivity contribution in [3.05, 3.63) is 55.6 Å². The van der Waals surface area contributed by atoms with Crippen LogP contribution < -0.4 is 16.4 Å². The Labute approximate surface area is 110 Å². The molecule has 0 amide bonds. The van der Waals surface area contributed by atoms with Crippen LogP contribution in [0.3, 0.4) is 0 Å². The molecule has 0 saturated carbocycles. The largest absolute Gasteiger partial charge is 0.354 e. The Morgan fingerprint density at radius 3 is 2.61 bits per heavy atom. The minimum absolute atomic E-state index is 0.175. The molecule has 1 aromatic carbocycles. The SMILES string of the molecule is C=c1[nH]c(=O)/c(=C/c2[nH]c3ccccc3c2Br)[nH]1. The van der Waals surface area contributed by atoms with E-state index in [0.717, 1.165) is 21.1 Å². The molecule has 90 valence electrons. The molecule has 18 heavy (non-hydrogen) atoms. The monoisotopic (exact) mass is 303 g/mol. The number of nitrogens with one attached hydrogen (secondary N) is 3. The average Bonchev–Trinajstić information content (AvgIpc) is 2.82. The Morgan fingerprint density at radius 2 is 1.94 bits per heavy atom. The number of benzene rings is 1. The Bertz CT molecular complexity index is 885. The summed E-state index contributed by atoms with van der Waals surface area (Å²) >= 11 is 3.54. The van der Waals surface area contributed by atoms with Gasteiger partial charge < -0.3 is 15.0 Å². The average molecular weight is 304 g/mol. The van der Waals surface area contributed by atoms with Gasteiger partial charge in [-0.05, 0) is 28.1 Å². The number of rotatable bonds is 1. The third-order valence-electron chi connectivity index (χ3n) is 2.75. The van der Waals surface area contributed by atoms with E-state index in [2.05, 4.69) is 37.5 Å². The van der Waals surface area contributed by atoms with Crippen molar-refractivity contribution < 1.29 is 0 Å². The smallest absolute Gasteiger partial charge is 0.273 e. The molecule has 3 N–H and O–H groups in total. The lowest BCUT2D eigenvalue weighted by atomic mass is 10.2. The van der Waals surface area contributed by atoms with Crippen molar-refractivity contribution in [2.75, 3.05) is 0 Å². The van der Waals surface area contributed by atoms with Gasteiger partial charge in [-0.2, -0.15) is 0 Å². The van der Waals surface area contributed by atoms with E-state index in [1.807, 2.05) is 24.3 Å². The number of para-hydroxylation sites is 1. The van der Waals surface area contributed by atoms with Crippen LogP contribution >= 0.6 is 15.9 Å². The highest BCUT2D eigenvalue weighted by atomic mass is 79.9. The number of H-pyrrole nitrogens is 3. The van der Waals surface area contributed by atoms with Crippen LogP contribution in [0.1, 0.15) is 5.69 Å². The molecule has 2 aromatic heterocycles. The van der Waals surface area contributed by atoms with Crippen molar-refractivity contribution in [1.82, 2.24) is 15.0 Å². The molecule has 0 radical (unpaired) electrons. The van der Waals surface area contributed by atoms with Crippen molar-refractivity contribution >= 4 is 39.5 Å². The zero-order valence-corrected chi connectivity index (χ0v) is 11.0. The normalized spacial score (nSPS) is 12.4. The van der Waals surface area contributed by atoms with Gasteiger partial charge in [0.1, 0.15) is 10.8 Å². The number of hydrogen-bond acceptors (Lipinski definition) is 1. The summed E-state index contributed by atoms with van der Waals surface area (Å²) in [6.45, 7) is 3.66. The van der Waals surface area contributed by atoms with Crippen LogP contribution in [-0.4, -0.2) is 15.0 Å². The van der Waals surface area contributed by atoms with Crippen LogP contribution in [0.25, 0.3) is 23.6 Å². The Balaban J connectivity index is 2.31. The second-order valence-corrected chi connectivity index (χ2v) is 4.81. The van der Waals surface area contributed by atoms with E-state index < -0.39 is 0 Å². The van der Waals surface area contributed by atoms with Crippen molar-refractivity contribution in [3.63, 3.8) is 0 Å². The van der Waals surface area contributed by atoms with Crippen molar-refractivity contribution in [2.45, 2.75) is 0 Å². The quantitative estimate of drug-likeness (QED) is 0.621. The molecular weight excluding hydrogens is 294 g/mol. The van der Waals surface area contributed by atoms with Gasteiger partial charge in [0.2, 0.25) is 0 Å². The fourth-order valence-electron chi connectivity index (χ4n) is 1.93. The molecule has 0 fully saturated rings. The van der Waals surface area contributed by atoms with Crippen LogP contribution in [0.4, 0.5) is 0 Å². The second kappa shape index (κ2) is 4.03. The first kappa shape index (κ1) is 11.1. The van der Waals surface area contributed by atoms with Crippen molar-refractivity contribution in [3.8, 4) is 0 Å². The fourth-order valence-corrected chi connectivity index (χ4v) is 2.49. The molecule has 0 saturated heterocycles. The summed E-state index contributed by atoms with van der Waals surface area (Å²) in [6, 6.07) is 7.94. The third kappa shape index (κ3) is 1.73. The van der Waals surface area contributed by atoms with Gasteiger partial charge in [-0.1, -0.05) is 24.8 Å². The van der Waals surface area contributed by atoms with Crippen LogP contribution in [0.5, 0.6) is 0 Å². The zero-order chi connectivity index (χ0) is 12.7. The Kier molecular flexibility index (Phi) is 2.48. The summed E-state index contributed by atoms with van der Waals surface area (Å²) in [5, 5.41) is 1.56. The van der Waals surface area contributed by atoms with Crippen molar-refractivity contribution in [2.24, 2.45) is 0 Å². The first-order chi connectivity index (χ1) is 8.65. The minimum Gasteiger partial charge on any atom is -0.354 e. The molecule has 5 heteroatoms. The molecule has 4 nitrogen and oxygen atoms in total. The Morgan fingerprint density at radius 1 is 1.17 bits per heavy atom. The molecule has 0 aliphatic carbocycles. The summed E-state index contributed by atoms with van der Waals surface area (Å²) in [5.41, 5.74) is 2.20. The molecule has 0 bridgehead atoms. The second-order valence-electron chi connectivity index (χ2n) is 4.01. The molecule has 0 atom stereocenters. The van der Waals surface area contributed by atoms with Gasteiger partial charge in [-0.3, -0.25) is 4.79 Å². The molecular formula is C13H10BrN3O. The molecule has 3 rings (SSSR count). The molecule has 0 aliphatic rings. The number of hydrogen-bond donors (Lipinski definition) is 3. The van der Waals surface area contributed by atoms with Gasteiger partial charge in [0.05, 0.1) is 10.2 Å². The number of halogens is 1. The van der Waals surface area contributed by atoms with E-state index in [1.165, 1.54) is 0 Å². The summed E-state index contributed by atoms with van der Waals surface area (Å²) in [4.78, 5) is 20.3. The molecule has 0 unspecified atom stereocenters. The van der Waals surface area contributed by atoms with E-state index in [4.69, 9.17) is 0 Å². The number of fused-ring (bicyclic) bond motifs is 1. The maximum atomic E-state index is 11.6. The van der Waals surface area contributed by atoms with Crippen LogP contribution in [0.15, 0.2) is 33.5 Å². The summed E-state index contributed by atoms with van der Waals surface area (Å²) in [6.07, 6.45) is 1.76. The van der Waals surface area contributed by atoms with Gasteiger partial charge in [0, 0.05) is 10.9 Å². The first-order valence-electron chi connectivity index (χ1n) is 5.40. The van der Waals surface area contributed by atoms with Gasteiger partial charge in [-0.25, -0.2) is 0 Å². The molecule has 0 spiro atoms. The summed E-state index contributed by atoms with van der Waals surface area (Å²) in [5.74, 6) is 0. The highest BCUT2D eigenvalue weighted by molar-refractivity contribution is 9.10. The van der Waals surface area contributed by atoms with Crippen LogP contribution in [0, 0.1) is 0 Å². The van der Waals surface area contributed by atoms with E-state index in [-0.39, 0.29) is 5.56 Å². The molecule has 3 aromatic rings. The van der Waals surface area contributed by atoms with Crippen molar-refractivity contribution in [1.29, 1.82) is 0 Å². The summed E-state index contributed by atoms with van der Waals surface area (Å²) < 4.78 is 0.942. The van der Waals surface area contributed by atoms with E-state index >= 15 is 0 Å². The predicted octanol–water partition coefficient (Wildman–Crippen LogP) is 1.19. The maximum Gasteiger partial charge on any atom is 0.273 e. The minimum atomic E-state index is -0.175. The van der Waals surface area contributed by atoms with Gasteiger partial charge >= 0.3 is 0 Å². The Hall–Kier alpha value is -2.01. The highest BCUT2D eigenvalue weighted by Crippen LogP contribution is 2.27. The lowest BCUT2D eigenvalue weighted by molar-refractivity contribution is 1.19. The fraction of sp³-hybridized carbons (Fsp3) is 0. The summed E-state index contributed by atoms with van der Waals surface area (Å²) in [7, 11) is 0. The molecule has 2 heterocycles. The maximum absolute atomic E-state index is 11.6. The predicted molar refractivity (Wildman–Crippen MR) is 75.8 cm³/mol. The van der Waals surface area contributed by atoms with E-state index in [0.29, 0.717) is 10.8 Å². The number of imidazole rings is 1. The number of aromatic nitrogens is 3. The standard InChI is InChI=1S/C13H10BrN3O/c1-7-15-11(13(18)16-7)6-10-12(14)8-4-2-3-5-9(8)17-10/h2-6,15,17H,1H2,(H,16,18)/b11-6-. The van der Waals surface area contributed by atoms with E-state index in [1.54, 1.807) is 6.08 Å². The topological polar surface area (TPSA) is 64.4 Å². The highest BCUT2D eigenvalue weighted by Gasteiger charge is 2.06. The lowest BCUT2D eigenvalue weighted by Gasteiger charge is -1.87. The van der Waals surface area contributed by atoms with Crippen LogP contribution in [-0.2, 0) is 0 Å². The van der Waals surface area contributed by atoms with Gasteiger partial charge in [0.25, 0.3) is 5.56 Å². The first-order valence-corrected chi connectivity index (χ1v) is 6.19. The van der Waals surface area contributed by atoms with Gasteiger partial charge in [-0.15, -0.1) is 0 Å². The third-order valence-corrected chi connectivity index (χ3v) is 3.61. The zero-order valence-electron chi connectivity index (χ0n) is 9.38. The molecule has 0 aliphatic heterocycles. The van der Waals surface area contributed by atoms with Crippen LogP contribution in [0.2, 0.25) is 0 Å². The van der Waals surface area contributed by atoms with Gasteiger partial charge in [0.15, 0.2) is 0 Å². The lowest BCUT2D eigenvalue weighted by Crippen LogP contribution is -2.22. The number of aromatic amines is 3. The van der Waals surface area contributed by atoms with E-state index in [9.17, 15) is 4.79 Å².